The van der Waals surface area contributed by atoms with Crippen LogP contribution in [-0.4, -0.2) is 37.0 Å². The molecule has 128 valence electrons. The summed E-state index contributed by atoms with van der Waals surface area (Å²) in [4.78, 5) is 14.2. The van der Waals surface area contributed by atoms with Crippen LogP contribution in [0.3, 0.4) is 0 Å². The van der Waals surface area contributed by atoms with Gasteiger partial charge in [-0.15, -0.1) is 0 Å². The number of benzene rings is 2. The lowest BCUT2D eigenvalue weighted by Crippen LogP contribution is -2.34. The summed E-state index contributed by atoms with van der Waals surface area (Å²) in [6, 6.07) is 16.0. The summed E-state index contributed by atoms with van der Waals surface area (Å²) in [6.45, 7) is 2.84. The molecule has 4 nitrogen and oxygen atoms in total. The van der Waals surface area contributed by atoms with Gasteiger partial charge in [-0.05, 0) is 36.2 Å². The average Bonchev–Trinajstić information content (AvgIpc) is 2.60. The summed E-state index contributed by atoms with van der Waals surface area (Å²) in [5.41, 5.74) is 7.55. The topological polar surface area (TPSA) is 58.4 Å². The Kier molecular flexibility index (Phi) is 7.39. The fourth-order valence-corrected chi connectivity index (χ4v) is 2.47. The van der Waals surface area contributed by atoms with Crippen molar-refractivity contribution in [2.75, 3.05) is 31.5 Å². The molecule has 5 heteroatoms. The standard InChI is InChI=1S/C19H24FN3O/c20-17-6-8-18(9-7-17)22-19(24)11-14-23(15-12-21)13-10-16-4-2-1-3-5-16/h1-9H,10-15,21H2,(H,22,24). The molecule has 2 rings (SSSR count). The van der Waals surface area contributed by atoms with Crippen LogP contribution in [0.5, 0.6) is 0 Å². The minimum absolute atomic E-state index is 0.0802. The van der Waals surface area contributed by atoms with Gasteiger partial charge in [0.25, 0.3) is 0 Å². The third kappa shape index (κ3) is 6.48. The first kappa shape index (κ1) is 18.1. The van der Waals surface area contributed by atoms with Crippen LogP contribution in [0.25, 0.3) is 0 Å². The van der Waals surface area contributed by atoms with Crippen molar-refractivity contribution in [3.8, 4) is 0 Å². The van der Waals surface area contributed by atoms with Crippen LogP contribution < -0.4 is 11.1 Å². The summed E-state index contributed by atoms with van der Waals surface area (Å²) < 4.78 is 12.9. The van der Waals surface area contributed by atoms with Crippen molar-refractivity contribution in [3.05, 3.63) is 66.0 Å². The minimum Gasteiger partial charge on any atom is -0.329 e. The van der Waals surface area contributed by atoms with E-state index in [0.717, 1.165) is 19.5 Å². The van der Waals surface area contributed by atoms with Crippen molar-refractivity contribution in [1.29, 1.82) is 0 Å². The molecule has 2 aromatic carbocycles. The second kappa shape index (κ2) is 9.80. The summed E-state index contributed by atoms with van der Waals surface area (Å²) in [7, 11) is 0. The zero-order valence-corrected chi connectivity index (χ0v) is 13.7. The van der Waals surface area contributed by atoms with E-state index in [0.29, 0.717) is 25.2 Å². The molecule has 3 N–H and O–H groups in total. The van der Waals surface area contributed by atoms with Gasteiger partial charge >= 0.3 is 0 Å². The quantitative estimate of drug-likeness (QED) is 0.743. The van der Waals surface area contributed by atoms with E-state index in [4.69, 9.17) is 5.73 Å². The zero-order chi connectivity index (χ0) is 17.2. The Labute approximate surface area is 142 Å². The van der Waals surface area contributed by atoms with E-state index in [9.17, 15) is 9.18 Å². The maximum absolute atomic E-state index is 12.9. The average molecular weight is 329 g/mol. The maximum Gasteiger partial charge on any atom is 0.225 e. The highest BCUT2D eigenvalue weighted by atomic mass is 19.1. The highest BCUT2D eigenvalue weighted by Crippen LogP contribution is 2.09. The van der Waals surface area contributed by atoms with Crippen molar-refractivity contribution in [1.82, 2.24) is 4.90 Å². The molecule has 0 bridgehead atoms. The first-order valence-corrected chi connectivity index (χ1v) is 8.19. The molecule has 2 aromatic rings. The molecule has 0 aliphatic heterocycles. The molecule has 1 amide bonds. The Bertz CT molecular complexity index is 616. The Hall–Kier alpha value is -2.24. The van der Waals surface area contributed by atoms with Crippen LogP contribution in [0.1, 0.15) is 12.0 Å². The predicted molar refractivity (Wildman–Crippen MR) is 95.3 cm³/mol. The van der Waals surface area contributed by atoms with E-state index in [-0.39, 0.29) is 11.7 Å². The molecule has 0 radical (unpaired) electrons. The molecule has 0 aromatic heterocycles. The molecule has 0 saturated heterocycles. The molecule has 0 saturated carbocycles. The molecule has 24 heavy (non-hydrogen) atoms. The highest BCUT2D eigenvalue weighted by Gasteiger charge is 2.08. The van der Waals surface area contributed by atoms with E-state index in [2.05, 4.69) is 22.3 Å². The fourth-order valence-electron chi connectivity index (χ4n) is 2.47. The molecule has 0 spiro atoms. The normalized spacial score (nSPS) is 10.8. The molecule has 0 atom stereocenters. The Morgan fingerprint density at radius 3 is 2.38 bits per heavy atom. The summed E-state index contributed by atoms with van der Waals surface area (Å²) in [5.74, 6) is -0.397. The van der Waals surface area contributed by atoms with Gasteiger partial charge in [0.15, 0.2) is 0 Å². The number of hydrogen-bond donors (Lipinski definition) is 2. The van der Waals surface area contributed by atoms with Crippen molar-refractivity contribution >= 4 is 11.6 Å². The van der Waals surface area contributed by atoms with Crippen molar-refractivity contribution in [2.24, 2.45) is 5.73 Å². The third-order valence-corrected chi connectivity index (χ3v) is 3.79. The van der Waals surface area contributed by atoms with E-state index in [1.165, 1.54) is 17.7 Å². The van der Waals surface area contributed by atoms with Crippen LogP contribution in [0.15, 0.2) is 54.6 Å². The maximum atomic E-state index is 12.9. The van der Waals surface area contributed by atoms with Gasteiger partial charge in [-0.2, -0.15) is 0 Å². The number of nitrogens with zero attached hydrogens (tertiary/aromatic N) is 1. The summed E-state index contributed by atoms with van der Waals surface area (Å²) >= 11 is 0. The molecular weight excluding hydrogens is 305 g/mol. The van der Waals surface area contributed by atoms with E-state index in [1.54, 1.807) is 12.1 Å². The number of rotatable bonds is 9. The summed E-state index contributed by atoms with van der Waals surface area (Å²) in [6.07, 6.45) is 1.31. The fraction of sp³-hybridized carbons (Fsp3) is 0.316. The van der Waals surface area contributed by atoms with Crippen LogP contribution in [0, 0.1) is 5.82 Å². The van der Waals surface area contributed by atoms with Crippen molar-refractivity contribution in [3.63, 3.8) is 0 Å². The first-order chi connectivity index (χ1) is 11.7. The minimum atomic E-state index is -0.317. The second-order valence-electron chi connectivity index (χ2n) is 5.67. The molecule has 0 aliphatic carbocycles. The molecular formula is C19H24FN3O. The Morgan fingerprint density at radius 2 is 1.71 bits per heavy atom. The number of amides is 1. The predicted octanol–water partition coefficient (Wildman–Crippen LogP) is 2.66. The van der Waals surface area contributed by atoms with Crippen LogP contribution in [-0.2, 0) is 11.2 Å². The van der Waals surface area contributed by atoms with Crippen LogP contribution in [0.2, 0.25) is 0 Å². The number of nitrogens with one attached hydrogen (secondary N) is 1. The Balaban J connectivity index is 1.77. The number of carbonyl (C=O) groups is 1. The largest absolute Gasteiger partial charge is 0.329 e. The van der Waals surface area contributed by atoms with Gasteiger partial charge < -0.3 is 16.0 Å². The first-order valence-electron chi connectivity index (χ1n) is 8.19. The van der Waals surface area contributed by atoms with Gasteiger partial charge in [-0.3, -0.25) is 4.79 Å². The van der Waals surface area contributed by atoms with Gasteiger partial charge in [0, 0.05) is 38.3 Å². The highest BCUT2D eigenvalue weighted by molar-refractivity contribution is 5.90. The molecule has 0 fully saturated rings. The lowest BCUT2D eigenvalue weighted by molar-refractivity contribution is -0.116. The second-order valence-corrected chi connectivity index (χ2v) is 5.67. The van der Waals surface area contributed by atoms with Crippen LogP contribution >= 0.6 is 0 Å². The number of hydrogen-bond acceptors (Lipinski definition) is 3. The van der Waals surface area contributed by atoms with Crippen molar-refractivity contribution < 1.29 is 9.18 Å². The number of halogens is 1. The SMILES string of the molecule is NCCN(CCC(=O)Nc1ccc(F)cc1)CCc1ccccc1. The number of anilines is 1. The van der Waals surface area contributed by atoms with Gasteiger partial charge in [0.05, 0.1) is 0 Å². The van der Waals surface area contributed by atoms with Gasteiger partial charge in [0.2, 0.25) is 5.91 Å². The van der Waals surface area contributed by atoms with E-state index < -0.39 is 0 Å². The molecule has 0 unspecified atom stereocenters. The molecule has 0 aliphatic rings. The van der Waals surface area contributed by atoms with E-state index >= 15 is 0 Å². The summed E-state index contributed by atoms with van der Waals surface area (Å²) in [5, 5.41) is 2.78. The number of carbonyl (C=O) groups excluding carboxylic acids is 1. The number of nitrogens with two attached hydrogens (primary N) is 1. The molecule has 0 heterocycles. The zero-order valence-electron chi connectivity index (χ0n) is 13.7. The van der Waals surface area contributed by atoms with Crippen molar-refractivity contribution in [2.45, 2.75) is 12.8 Å². The van der Waals surface area contributed by atoms with Gasteiger partial charge in [-0.1, -0.05) is 30.3 Å². The van der Waals surface area contributed by atoms with E-state index in [1.807, 2.05) is 18.2 Å². The van der Waals surface area contributed by atoms with Crippen LogP contribution in [0.4, 0.5) is 10.1 Å². The van der Waals surface area contributed by atoms with Gasteiger partial charge in [-0.25, -0.2) is 4.39 Å². The monoisotopic (exact) mass is 329 g/mol. The van der Waals surface area contributed by atoms with Gasteiger partial charge in [0.1, 0.15) is 5.82 Å². The Morgan fingerprint density at radius 1 is 1.00 bits per heavy atom. The smallest absolute Gasteiger partial charge is 0.225 e. The lowest BCUT2D eigenvalue weighted by Gasteiger charge is -2.21. The third-order valence-electron chi connectivity index (χ3n) is 3.79. The lowest BCUT2D eigenvalue weighted by atomic mass is 10.1.